The van der Waals surface area contributed by atoms with Crippen molar-refractivity contribution >= 4 is 31.6 Å². The van der Waals surface area contributed by atoms with Crippen LogP contribution in [0.1, 0.15) is 39.5 Å². The van der Waals surface area contributed by atoms with Gasteiger partial charge in [-0.15, -0.1) is 0 Å². The molecule has 0 amide bonds. The molecule has 0 heterocycles. The van der Waals surface area contributed by atoms with E-state index in [4.69, 9.17) is 5.73 Å². The van der Waals surface area contributed by atoms with Crippen LogP contribution in [0.3, 0.4) is 0 Å². The normalized spacial score (nSPS) is 23.4. The molecule has 0 radical (unpaired) electrons. The largest absolute Gasteiger partial charge is 0.399 e. The zero-order chi connectivity index (χ0) is 15.6. The van der Waals surface area contributed by atoms with Crippen molar-refractivity contribution in [3.05, 3.63) is 22.7 Å². The van der Waals surface area contributed by atoms with Crippen LogP contribution in [0.15, 0.2) is 27.6 Å². The number of anilines is 1. The maximum Gasteiger partial charge on any atom is 0.241 e. The first kappa shape index (κ1) is 16.8. The molecule has 3 N–H and O–H groups in total. The lowest BCUT2D eigenvalue weighted by molar-refractivity contribution is 0.226. The monoisotopic (exact) mass is 374 g/mol. The van der Waals surface area contributed by atoms with Gasteiger partial charge in [-0.05, 0) is 58.8 Å². The average Bonchev–Trinajstić information content (AvgIpc) is 2.37. The van der Waals surface area contributed by atoms with Crippen molar-refractivity contribution in [3.63, 3.8) is 0 Å². The summed E-state index contributed by atoms with van der Waals surface area (Å²) < 4.78 is 28.6. The number of halogens is 1. The van der Waals surface area contributed by atoms with Gasteiger partial charge in [0.05, 0.1) is 4.90 Å². The smallest absolute Gasteiger partial charge is 0.241 e. The molecular formula is C15H23BrN2O2S. The van der Waals surface area contributed by atoms with Crippen molar-refractivity contribution < 1.29 is 8.42 Å². The van der Waals surface area contributed by atoms with Gasteiger partial charge < -0.3 is 5.73 Å². The minimum Gasteiger partial charge on any atom is -0.399 e. The Labute approximate surface area is 135 Å². The number of benzene rings is 1. The summed E-state index contributed by atoms with van der Waals surface area (Å²) in [7, 11) is -3.53. The van der Waals surface area contributed by atoms with Crippen molar-refractivity contribution in [2.75, 3.05) is 5.73 Å². The predicted octanol–water partition coefficient (Wildman–Crippen LogP) is 3.52. The molecule has 2 unspecified atom stereocenters. The van der Waals surface area contributed by atoms with Gasteiger partial charge in [0.15, 0.2) is 0 Å². The molecule has 21 heavy (non-hydrogen) atoms. The lowest BCUT2D eigenvalue weighted by atomic mass is 9.78. The van der Waals surface area contributed by atoms with Gasteiger partial charge in [-0.3, -0.25) is 0 Å². The van der Waals surface area contributed by atoms with E-state index in [1.54, 1.807) is 18.2 Å². The SMILES string of the molecule is CC(C)C1CCCCC1NS(=O)(=O)c1ccc(N)cc1Br. The maximum atomic E-state index is 12.6. The summed E-state index contributed by atoms with van der Waals surface area (Å²) in [5.74, 6) is 0.883. The van der Waals surface area contributed by atoms with Crippen LogP contribution in [0.2, 0.25) is 0 Å². The number of nitrogens with one attached hydrogen (secondary N) is 1. The van der Waals surface area contributed by atoms with Gasteiger partial charge in [-0.2, -0.15) is 0 Å². The van der Waals surface area contributed by atoms with Crippen LogP contribution in [0.25, 0.3) is 0 Å². The van der Waals surface area contributed by atoms with E-state index < -0.39 is 10.0 Å². The highest BCUT2D eigenvalue weighted by molar-refractivity contribution is 9.10. The Bertz CT molecular complexity index is 602. The summed E-state index contributed by atoms with van der Waals surface area (Å²) in [5.41, 5.74) is 6.21. The van der Waals surface area contributed by atoms with Crippen LogP contribution in [0, 0.1) is 11.8 Å². The molecule has 0 aliphatic heterocycles. The van der Waals surface area contributed by atoms with Gasteiger partial charge >= 0.3 is 0 Å². The summed E-state index contributed by atoms with van der Waals surface area (Å²) >= 11 is 3.29. The zero-order valence-electron chi connectivity index (χ0n) is 12.5. The van der Waals surface area contributed by atoms with Crippen molar-refractivity contribution in [2.45, 2.75) is 50.5 Å². The summed E-state index contributed by atoms with van der Waals surface area (Å²) in [5, 5.41) is 0. The Morgan fingerprint density at radius 2 is 1.95 bits per heavy atom. The molecule has 1 aromatic carbocycles. The van der Waals surface area contributed by atoms with Crippen molar-refractivity contribution in [1.29, 1.82) is 0 Å². The average molecular weight is 375 g/mol. The summed E-state index contributed by atoms with van der Waals surface area (Å²) in [4.78, 5) is 0.254. The van der Waals surface area contributed by atoms with Crippen LogP contribution in [-0.2, 0) is 10.0 Å². The van der Waals surface area contributed by atoms with Crippen molar-refractivity contribution in [3.8, 4) is 0 Å². The standard InChI is InChI=1S/C15H23BrN2O2S/c1-10(2)12-5-3-4-6-14(12)18-21(19,20)15-8-7-11(17)9-13(15)16/h7-10,12,14,18H,3-6,17H2,1-2H3. The molecule has 4 nitrogen and oxygen atoms in total. The number of hydrogen-bond donors (Lipinski definition) is 2. The molecular weight excluding hydrogens is 352 g/mol. The Kier molecular flexibility index (Phi) is 5.33. The highest BCUT2D eigenvalue weighted by Gasteiger charge is 2.31. The van der Waals surface area contributed by atoms with Crippen LogP contribution in [-0.4, -0.2) is 14.5 Å². The third-order valence-corrected chi connectivity index (χ3v) is 6.69. The fourth-order valence-electron chi connectivity index (χ4n) is 3.10. The van der Waals surface area contributed by atoms with Gasteiger partial charge in [0.2, 0.25) is 10.0 Å². The number of hydrogen-bond acceptors (Lipinski definition) is 3. The molecule has 0 aromatic heterocycles. The van der Waals surface area contributed by atoms with E-state index in [2.05, 4.69) is 34.5 Å². The van der Waals surface area contributed by atoms with E-state index in [-0.39, 0.29) is 10.9 Å². The van der Waals surface area contributed by atoms with Crippen molar-refractivity contribution in [2.24, 2.45) is 11.8 Å². The van der Waals surface area contributed by atoms with Gasteiger partial charge in [0.25, 0.3) is 0 Å². The molecule has 0 spiro atoms. The van der Waals surface area contributed by atoms with Crippen LogP contribution in [0.4, 0.5) is 5.69 Å². The first-order chi connectivity index (χ1) is 9.81. The molecule has 1 aliphatic carbocycles. The molecule has 1 aromatic rings. The predicted molar refractivity (Wildman–Crippen MR) is 89.5 cm³/mol. The molecule has 0 bridgehead atoms. The molecule has 6 heteroatoms. The second kappa shape index (κ2) is 6.67. The fourth-order valence-corrected chi connectivity index (χ4v) is 5.52. The second-order valence-corrected chi connectivity index (χ2v) is 8.65. The number of nitrogen functional groups attached to an aromatic ring is 1. The van der Waals surface area contributed by atoms with E-state index in [0.717, 1.165) is 19.3 Å². The van der Waals surface area contributed by atoms with E-state index in [1.807, 2.05) is 0 Å². The molecule has 118 valence electrons. The van der Waals surface area contributed by atoms with Crippen LogP contribution in [0.5, 0.6) is 0 Å². The summed E-state index contributed by atoms with van der Waals surface area (Å²) in [6.45, 7) is 4.33. The lowest BCUT2D eigenvalue weighted by Gasteiger charge is -2.34. The maximum absolute atomic E-state index is 12.6. The Morgan fingerprint density at radius 3 is 2.57 bits per heavy atom. The Morgan fingerprint density at radius 1 is 1.29 bits per heavy atom. The van der Waals surface area contributed by atoms with Gasteiger partial charge in [-0.25, -0.2) is 13.1 Å². The van der Waals surface area contributed by atoms with E-state index in [0.29, 0.717) is 22.0 Å². The van der Waals surface area contributed by atoms with Gasteiger partial charge in [-0.1, -0.05) is 26.7 Å². The number of nitrogens with two attached hydrogens (primary N) is 1. The van der Waals surface area contributed by atoms with Gasteiger partial charge in [0, 0.05) is 16.2 Å². The molecule has 0 saturated heterocycles. The molecule has 1 fully saturated rings. The second-order valence-electron chi connectivity index (χ2n) is 6.11. The topological polar surface area (TPSA) is 72.2 Å². The highest BCUT2D eigenvalue weighted by atomic mass is 79.9. The van der Waals surface area contributed by atoms with E-state index in [1.165, 1.54) is 6.42 Å². The summed E-state index contributed by atoms with van der Waals surface area (Å²) in [6, 6.07) is 4.80. The van der Waals surface area contributed by atoms with Crippen LogP contribution >= 0.6 is 15.9 Å². The van der Waals surface area contributed by atoms with E-state index in [9.17, 15) is 8.42 Å². The third-order valence-electron chi connectivity index (χ3n) is 4.23. The number of sulfonamides is 1. The first-order valence-corrected chi connectivity index (χ1v) is 9.66. The Hall–Kier alpha value is -0.590. The highest BCUT2D eigenvalue weighted by Crippen LogP contribution is 2.32. The van der Waals surface area contributed by atoms with Crippen molar-refractivity contribution in [1.82, 2.24) is 4.72 Å². The first-order valence-electron chi connectivity index (χ1n) is 7.38. The van der Waals surface area contributed by atoms with E-state index >= 15 is 0 Å². The van der Waals surface area contributed by atoms with Gasteiger partial charge in [0.1, 0.15) is 0 Å². The summed E-state index contributed by atoms with van der Waals surface area (Å²) in [6.07, 6.45) is 4.27. The fraction of sp³-hybridized carbons (Fsp3) is 0.600. The minimum atomic E-state index is -3.53. The number of rotatable bonds is 4. The minimum absolute atomic E-state index is 0.0215. The molecule has 2 rings (SSSR count). The lowest BCUT2D eigenvalue weighted by Crippen LogP contribution is -2.43. The molecule has 2 atom stereocenters. The quantitative estimate of drug-likeness (QED) is 0.791. The Balaban J connectivity index is 2.23. The molecule has 1 saturated carbocycles. The third kappa shape index (κ3) is 3.99. The zero-order valence-corrected chi connectivity index (χ0v) is 14.9. The van der Waals surface area contributed by atoms with Crippen LogP contribution < -0.4 is 10.5 Å². The molecule has 1 aliphatic rings.